The predicted octanol–water partition coefficient (Wildman–Crippen LogP) is 3.27. The molecule has 5 nitrogen and oxygen atoms in total. The average Bonchev–Trinajstić information content (AvgIpc) is 3.25. The van der Waals surface area contributed by atoms with Gasteiger partial charge in [-0.1, -0.05) is 6.07 Å². The maximum Gasteiger partial charge on any atom is 0.213 e. The summed E-state index contributed by atoms with van der Waals surface area (Å²) in [6.07, 6.45) is 9.65. The number of rotatable bonds is 5. The lowest BCUT2D eigenvalue weighted by Crippen LogP contribution is -2.52. The zero-order valence-electron chi connectivity index (χ0n) is 14.1. The number of furan rings is 1. The van der Waals surface area contributed by atoms with Crippen LogP contribution in [0.4, 0.5) is 0 Å². The molecule has 0 unspecified atom stereocenters. The molecule has 1 aliphatic carbocycles. The Bertz CT molecular complexity index is 646. The van der Waals surface area contributed by atoms with E-state index >= 15 is 0 Å². The first-order valence-electron chi connectivity index (χ1n) is 8.67. The molecule has 0 amide bonds. The van der Waals surface area contributed by atoms with Gasteiger partial charge in [0.1, 0.15) is 6.10 Å². The van der Waals surface area contributed by atoms with Gasteiger partial charge in [0.25, 0.3) is 0 Å². The molecule has 128 valence electrons. The first-order chi connectivity index (χ1) is 11.8. The summed E-state index contributed by atoms with van der Waals surface area (Å²) in [5.74, 6) is 0.715. The molecule has 3 atom stereocenters. The Balaban J connectivity index is 1.48. The second kappa shape index (κ2) is 6.57. The van der Waals surface area contributed by atoms with Crippen LogP contribution in [-0.4, -0.2) is 41.3 Å². The third-order valence-corrected chi connectivity index (χ3v) is 5.54. The van der Waals surface area contributed by atoms with Gasteiger partial charge < -0.3 is 13.9 Å². The quantitative estimate of drug-likeness (QED) is 0.843. The summed E-state index contributed by atoms with van der Waals surface area (Å²) in [7, 11) is 1.86. The first kappa shape index (κ1) is 15.7. The van der Waals surface area contributed by atoms with E-state index in [1.807, 2.05) is 37.6 Å². The van der Waals surface area contributed by atoms with Crippen molar-refractivity contribution in [1.82, 2.24) is 9.88 Å². The normalized spacial score (nSPS) is 30.2. The lowest BCUT2D eigenvalue weighted by atomic mass is 9.79. The molecule has 4 rings (SSSR count). The number of ether oxygens (including phenoxy) is 2. The number of hydrogen-bond donors (Lipinski definition) is 0. The van der Waals surface area contributed by atoms with Crippen LogP contribution >= 0.6 is 0 Å². The molecule has 2 fully saturated rings. The van der Waals surface area contributed by atoms with Crippen LogP contribution in [0.5, 0.6) is 5.88 Å². The zero-order valence-corrected chi connectivity index (χ0v) is 14.1. The van der Waals surface area contributed by atoms with Crippen molar-refractivity contribution in [2.45, 2.75) is 50.0 Å². The van der Waals surface area contributed by atoms with Gasteiger partial charge in [-0.15, -0.1) is 0 Å². The maximum atomic E-state index is 6.12. The molecule has 2 aromatic heterocycles. The van der Waals surface area contributed by atoms with Gasteiger partial charge in [-0.3, -0.25) is 4.90 Å². The van der Waals surface area contributed by atoms with Crippen LogP contribution in [-0.2, 0) is 11.3 Å². The van der Waals surface area contributed by atoms with Gasteiger partial charge in [-0.25, -0.2) is 4.98 Å². The van der Waals surface area contributed by atoms with Crippen molar-refractivity contribution in [1.29, 1.82) is 0 Å². The van der Waals surface area contributed by atoms with Crippen molar-refractivity contribution in [2.75, 3.05) is 13.7 Å². The topological polar surface area (TPSA) is 47.7 Å². The van der Waals surface area contributed by atoms with Crippen LogP contribution < -0.4 is 4.74 Å². The molecule has 0 spiro atoms. The van der Waals surface area contributed by atoms with Crippen LogP contribution in [0.2, 0.25) is 0 Å². The smallest absolute Gasteiger partial charge is 0.213 e. The third kappa shape index (κ3) is 2.94. The number of fused-ring (bicyclic) bond motifs is 1. The van der Waals surface area contributed by atoms with Crippen LogP contribution in [0.25, 0.3) is 0 Å². The standard InChI is InChI=1S/C19H24N2O3/c1-22-19-7-5-16(24-18-4-2-3-9-20-18)12-17(19)21(10-8-19)13-15-6-11-23-14-15/h2-4,6,9,11,14,16-17H,5,7-8,10,12-13H2,1H3/t16-,17+,19-/m1/s1. The monoisotopic (exact) mass is 328 g/mol. The van der Waals surface area contributed by atoms with E-state index in [4.69, 9.17) is 13.9 Å². The average molecular weight is 328 g/mol. The molecule has 0 bridgehead atoms. The molecule has 2 aliphatic rings. The predicted molar refractivity (Wildman–Crippen MR) is 89.8 cm³/mol. The van der Waals surface area contributed by atoms with E-state index in [0.717, 1.165) is 38.8 Å². The fourth-order valence-electron chi connectivity index (χ4n) is 4.26. The minimum Gasteiger partial charge on any atom is -0.474 e. The van der Waals surface area contributed by atoms with Crippen molar-refractivity contribution in [2.24, 2.45) is 0 Å². The Morgan fingerprint density at radius 2 is 2.29 bits per heavy atom. The minimum absolute atomic E-state index is 0.0340. The highest BCUT2D eigenvalue weighted by molar-refractivity contribution is 5.13. The molecule has 24 heavy (non-hydrogen) atoms. The number of hydrogen-bond acceptors (Lipinski definition) is 5. The van der Waals surface area contributed by atoms with Crippen molar-refractivity contribution < 1.29 is 13.9 Å². The number of likely N-dealkylation sites (tertiary alicyclic amines) is 1. The second-order valence-corrected chi connectivity index (χ2v) is 6.82. The molecule has 1 saturated carbocycles. The Morgan fingerprint density at radius 1 is 1.33 bits per heavy atom. The molecule has 0 radical (unpaired) electrons. The zero-order chi connectivity index (χ0) is 16.4. The molecule has 3 heterocycles. The summed E-state index contributed by atoms with van der Waals surface area (Å²) in [5, 5.41) is 0. The fourth-order valence-corrected chi connectivity index (χ4v) is 4.26. The van der Waals surface area contributed by atoms with E-state index in [1.165, 1.54) is 5.56 Å². The van der Waals surface area contributed by atoms with E-state index in [0.29, 0.717) is 11.9 Å². The molecule has 1 aliphatic heterocycles. The second-order valence-electron chi connectivity index (χ2n) is 6.82. The van der Waals surface area contributed by atoms with Crippen molar-refractivity contribution >= 4 is 0 Å². The van der Waals surface area contributed by atoms with Crippen LogP contribution in [0.1, 0.15) is 31.2 Å². The van der Waals surface area contributed by atoms with Gasteiger partial charge in [-0.05, 0) is 31.4 Å². The molecule has 0 aromatic carbocycles. The first-order valence-corrected chi connectivity index (χ1v) is 8.67. The van der Waals surface area contributed by atoms with Crippen molar-refractivity contribution in [3.8, 4) is 5.88 Å². The van der Waals surface area contributed by atoms with Gasteiger partial charge in [0.2, 0.25) is 5.88 Å². The van der Waals surface area contributed by atoms with Gasteiger partial charge in [0.15, 0.2) is 0 Å². The van der Waals surface area contributed by atoms with Gasteiger partial charge in [0.05, 0.1) is 18.1 Å². The summed E-state index contributed by atoms with van der Waals surface area (Å²) < 4.78 is 17.4. The van der Waals surface area contributed by atoms with E-state index in [1.54, 1.807) is 12.5 Å². The Labute approximate surface area is 142 Å². The molecular weight excluding hydrogens is 304 g/mol. The maximum absolute atomic E-state index is 6.12. The fraction of sp³-hybridized carbons (Fsp3) is 0.526. The van der Waals surface area contributed by atoms with Crippen LogP contribution in [0.15, 0.2) is 47.4 Å². The summed E-state index contributed by atoms with van der Waals surface area (Å²) in [6, 6.07) is 8.21. The molecule has 5 heteroatoms. The number of pyridine rings is 1. The SMILES string of the molecule is CO[C@@]12CC[C@@H](Oc3ccccn3)C[C@@H]1N(Cc1ccoc1)CC2. The molecule has 1 saturated heterocycles. The Kier molecular flexibility index (Phi) is 4.29. The Morgan fingerprint density at radius 3 is 3.04 bits per heavy atom. The summed E-state index contributed by atoms with van der Waals surface area (Å²) in [4.78, 5) is 6.81. The van der Waals surface area contributed by atoms with Crippen molar-refractivity contribution in [3.05, 3.63) is 48.6 Å². The third-order valence-electron chi connectivity index (χ3n) is 5.54. The lowest BCUT2D eigenvalue weighted by molar-refractivity contribution is -0.0843. The number of aromatic nitrogens is 1. The van der Waals surface area contributed by atoms with Gasteiger partial charge in [0, 0.05) is 50.5 Å². The highest BCUT2D eigenvalue weighted by Gasteiger charge is 2.51. The van der Waals surface area contributed by atoms with Crippen LogP contribution in [0.3, 0.4) is 0 Å². The van der Waals surface area contributed by atoms with E-state index in [-0.39, 0.29) is 11.7 Å². The lowest BCUT2D eigenvalue weighted by Gasteiger charge is -2.43. The molecular formula is C19H24N2O3. The summed E-state index contributed by atoms with van der Waals surface area (Å²) in [5.41, 5.74) is 1.18. The number of methoxy groups -OCH3 is 1. The number of nitrogens with zero attached hydrogens (tertiary/aromatic N) is 2. The van der Waals surface area contributed by atoms with Gasteiger partial charge >= 0.3 is 0 Å². The van der Waals surface area contributed by atoms with E-state index in [9.17, 15) is 0 Å². The largest absolute Gasteiger partial charge is 0.474 e. The minimum atomic E-state index is -0.0340. The van der Waals surface area contributed by atoms with Gasteiger partial charge in [-0.2, -0.15) is 0 Å². The van der Waals surface area contributed by atoms with E-state index in [2.05, 4.69) is 9.88 Å². The van der Waals surface area contributed by atoms with Crippen LogP contribution in [0, 0.1) is 0 Å². The summed E-state index contributed by atoms with van der Waals surface area (Å²) in [6.45, 7) is 1.96. The molecule has 0 N–H and O–H groups in total. The van der Waals surface area contributed by atoms with E-state index < -0.39 is 0 Å². The highest BCUT2D eigenvalue weighted by atomic mass is 16.5. The Hall–Kier alpha value is -1.85. The highest BCUT2D eigenvalue weighted by Crippen LogP contribution is 2.43. The summed E-state index contributed by atoms with van der Waals surface area (Å²) >= 11 is 0. The van der Waals surface area contributed by atoms with Crippen molar-refractivity contribution in [3.63, 3.8) is 0 Å². The molecule has 2 aromatic rings.